The fourth-order valence-corrected chi connectivity index (χ4v) is 5.14. The second-order valence-corrected chi connectivity index (χ2v) is 9.51. The molecule has 1 aromatic carbocycles. The minimum Gasteiger partial charge on any atom is -0.508 e. The van der Waals surface area contributed by atoms with Gasteiger partial charge in [0.05, 0.1) is 21.3 Å². The van der Waals surface area contributed by atoms with E-state index in [2.05, 4.69) is 34.4 Å². The number of halogens is 2. The molecule has 0 spiro atoms. The quantitative estimate of drug-likeness (QED) is 0.606. The molecule has 1 fully saturated rings. The van der Waals surface area contributed by atoms with Crippen LogP contribution in [0.25, 0.3) is 5.69 Å². The van der Waals surface area contributed by atoms with Crippen LogP contribution in [0.15, 0.2) is 47.1 Å². The van der Waals surface area contributed by atoms with Crippen LogP contribution in [0.1, 0.15) is 36.5 Å². The monoisotopic (exact) mass is 489 g/mol. The van der Waals surface area contributed by atoms with E-state index in [9.17, 15) is 14.7 Å². The van der Waals surface area contributed by atoms with Gasteiger partial charge in [-0.2, -0.15) is 0 Å². The van der Waals surface area contributed by atoms with Crippen LogP contribution in [0.3, 0.4) is 0 Å². The molecule has 174 valence electrons. The number of likely N-dealkylation sites (N-methyl/N-ethyl adjacent to an activating group) is 1. The van der Waals surface area contributed by atoms with E-state index in [0.29, 0.717) is 12.5 Å². The minimum atomic E-state index is -0.718. The molecule has 1 amide bonds. The molecule has 0 saturated carbocycles. The summed E-state index contributed by atoms with van der Waals surface area (Å²) in [6, 6.07) is 2.79. The molecule has 2 atom stereocenters. The van der Waals surface area contributed by atoms with Gasteiger partial charge in [0.25, 0.3) is 11.5 Å². The molecular weight excluding hydrogens is 465 g/mol. The first kappa shape index (κ1) is 23.4. The van der Waals surface area contributed by atoms with E-state index < -0.39 is 17.0 Å². The van der Waals surface area contributed by atoms with E-state index in [1.807, 2.05) is 13.0 Å². The summed E-state index contributed by atoms with van der Waals surface area (Å²) in [6.07, 6.45) is 10.1. The number of hydrogen-bond acceptors (Lipinski definition) is 6. The van der Waals surface area contributed by atoms with E-state index in [1.54, 1.807) is 0 Å². The SMILES string of the molecule is CN1CCC[C@H]1C1=CC(C)(NC(=O)c2c(N)ncn(-c3c(Cl)cc(O)cc3Cl)c2=O)CC=C1. The molecule has 2 aromatic rings. The molecular formula is C23H25Cl2N5O3. The van der Waals surface area contributed by atoms with Crippen molar-refractivity contribution in [1.29, 1.82) is 0 Å². The smallest absolute Gasteiger partial charge is 0.273 e. The highest BCUT2D eigenvalue weighted by atomic mass is 35.5. The Labute approximate surface area is 201 Å². The number of nitrogens with one attached hydrogen (secondary N) is 1. The minimum absolute atomic E-state index is 0.0256. The number of rotatable bonds is 4. The average molecular weight is 490 g/mol. The molecule has 33 heavy (non-hydrogen) atoms. The number of phenolic OH excluding ortho intramolecular Hbond substituents is 1. The Bertz CT molecular complexity index is 1220. The third-order valence-corrected chi connectivity index (χ3v) is 6.69. The van der Waals surface area contributed by atoms with E-state index in [4.69, 9.17) is 28.9 Å². The van der Waals surface area contributed by atoms with Gasteiger partial charge in [0, 0.05) is 18.2 Å². The lowest BCUT2D eigenvalue weighted by molar-refractivity contribution is 0.0921. The molecule has 10 heteroatoms. The summed E-state index contributed by atoms with van der Waals surface area (Å²) < 4.78 is 1.05. The molecule has 1 aliphatic heterocycles. The predicted molar refractivity (Wildman–Crippen MR) is 129 cm³/mol. The van der Waals surface area contributed by atoms with Gasteiger partial charge in [-0.25, -0.2) is 4.98 Å². The Balaban J connectivity index is 1.68. The summed E-state index contributed by atoms with van der Waals surface area (Å²) in [5.74, 6) is -0.995. The molecule has 1 saturated heterocycles. The fourth-order valence-electron chi connectivity index (χ4n) is 4.48. The Morgan fingerprint density at radius 1 is 1.33 bits per heavy atom. The second-order valence-electron chi connectivity index (χ2n) is 8.70. The van der Waals surface area contributed by atoms with Crippen molar-refractivity contribution >= 4 is 34.9 Å². The van der Waals surface area contributed by atoms with Crippen molar-refractivity contribution in [3.8, 4) is 11.4 Å². The van der Waals surface area contributed by atoms with Crippen molar-refractivity contribution in [3.63, 3.8) is 0 Å². The highest BCUT2D eigenvalue weighted by Gasteiger charge is 2.32. The first-order chi connectivity index (χ1) is 15.6. The zero-order valence-electron chi connectivity index (χ0n) is 18.3. The second kappa shape index (κ2) is 8.85. The number of hydrogen-bond donors (Lipinski definition) is 3. The number of anilines is 1. The lowest BCUT2D eigenvalue weighted by Crippen LogP contribution is -2.48. The third-order valence-electron chi connectivity index (χ3n) is 6.11. The Hall–Kier alpha value is -2.81. The molecule has 0 bridgehead atoms. The van der Waals surface area contributed by atoms with Crippen molar-refractivity contribution < 1.29 is 9.90 Å². The number of nitrogen functional groups attached to an aromatic ring is 1. The van der Waals surface area contributed by atoms with Crippen LogP contribution in [0.4, 0.5) is 5.82 Å². The zero-order valence-corrected chi connectivity index (χ0v) is 19.8. The first-order valence-electron chi connectivity index (χ1n) is 10.6. The maximum absolute atomic E-state index is 13.2. The molecule has 0 radical (unpaired) electrons. The molecule has 1 unspecified atom stereocenters. The summed E-state index contributed by atoms with van der Waals surface area (Å²) >= 11 is 12.4. The highest BCUT2D eigenvalue weighted by molar-refractivity contribution is 6.38. The molecule has 1 aliphatic carbocycles. The van der Waals surface area contributed by atoms with Gasteiger partial charge in [0.15, 0.2) is 0 Å². The van der Waals surface area contributed by atoms with Crippen molar-refractivity contribution in [2.75, 3.05) is 19.3 Å². The summed E-state index contributed by atoms with van der Waals surface area (Å²) in [5, 5.41) is 12.7. The molecule has 2 aliphatic rings. The maximum Gasteiger partial charge on any atom is 0.273 e. The van der Waals surface area contributed by atoms with Crippen molar-refractivity contribution in [3.05, 3.63) is 68.2 Å². The van der Waals surface area contributed by atoms with E-state index in [-0.39, 0.29) is 32.9 Å². The number of amides is 1. The number of nitrogens with zero attached hydrogens (tertiary/aromatic N) is 3. The largest absolute Gasteiger partial charge is 0.508 e. The summed E-state index contributed by atoms with van der Waals surface area (Å²) in [4.78, 5) is 32.8. The number of nitrogens with two attached hydrogens (primary N) is 1. The van der Waals surface area contributed by atoms with Gasteiger partial charge >= 0.3 is 0 Å². The van der Waals surface area contributed by atoms with Crippen molar-refractivity contribution in [2.24, 2.45) is 0 Å². The van der Waals surface area contributed by atoms with Gasteiger partial charge in [-0.1, -0.05) is 41.4 Å². The van der Waals surface area contributed by atoms with E-state index in [1.165, 1.54) is 12.1 Å². The van der Waals surface area contributed by atoms with Crippen LogP contribution in [0, 0.1) is 0 Å². The number of likely N-dealkylation sites (tertiary alicyclic amines) is 1. The fraction of sp³-hybridized carbons (Fsp3) is 0.348. The summed E-state index contributed by atoms with van der Waals surface area (Å²) in [6.45, 7) is 2.94. The van der Waals surface area contributed by atoms with Gasteiger partial charge in [-0.15, -0.1) is 0 Å². The Kier molecular flexibility index (Phi) is 6.26. The van der Waals surface area contributed by atoms with Crippen molar-refractivity contribution in [2.45, 2.75) is 37.8 Å². The lowest BCUT2D eigenvalue weighted by atomic mass is 9.86. The molecule has 8 nitrogen and oxygen atoms in total. The standard InChI is InChI=1S/C23H25Cl2N5O3/c1-23(7-3-5-13(11-23)17-6-4-8-29(17)2)28-21(32)18-20(26)27-12-30(22(18)33)19-15(24)9-14(31)10-16(19)25/h3,5,9-12,17,31H,4,6-8,26H2,1-2H3,(H,28,32)/t17-,23?/m0/s1. The Morgan fingerprint density at radius 3 is 2.67 bits per heavy atom. The summed E-state index contributed by atoms with van der Waals surface area (Å²) in [7, 11) is 2.09. The number of carbonyl (C=O) groups excluding carboxylic acids is 1. The first-order valence-corrected chi connectivity index (χ1v) is 11.3. The lowest BCUT2D eigenvalue weighted by Gasteiger charge is -2.32. The number of carbonyl (C=O) groups is 1. The normalized spacial score (nSPS) is 22.9. The van der Waals surface area contributed by atoms with E-state index >= 15 is 0 Å². The number of benzene rings is 1. The molecule has 4 N–H and O–H groups in total. The van der Waals surface area contributed by atoms with Crippen molar-refractivity contribution in [1.82, 2.24) is 19.8 Å². The van der Waals surface area contributed by atoms with Crippen LogP contribution >= 0.6 is 23.2 Å². The zero-order chi connectivity index (χ0) is 23.9. The average Bonchev–Trinajstić information content (AvgIpc) is 3.14. The number of aromatic hydroxyl groups is 1. The maximum atomic E-state index is 13.2. The predicted octanol–water partition coefficient (Wildman–Crippen LogP) is 3.30. The number of aromatic nitrogens is 2. The third kappa shape index (κ3) is 4.51. The topological polar surface area (TPSA) is 113 Å². The van der Waals surface area contributed by atoms with Crippen LogP contribution in [0.5, 0.6) is 5.75 Å². The van der Waals surface area contributed by atoms with E-state index in [0.717, 1.165) is 35.9 Å². The Morgan fingerprint density at radius 2 is 2.03 bits per heavy atom. The summed E-state index contributed by atoms with van der Waals surface area (Å²) in [5.41, 5.74) is 5.46. The van der Waals surface area contributed by atoms with Gasteiger partial charge in [-0.3, -0.25) is 19.1 Å². The van der Waals surface area contributed by atoms with Crippen LogP contribution < -0.4 is 16.6 Å². The highest BCUT2D eigenvalue weighted by Crippen LogP contribution is 2.32. The van der Waals surface area contributed by atoms with Gasteiger partial charge in [0.2, 0.25) is 0 Å². The molecule has 1 aromatic heterocycles. The van der Waals surface area contributed by atoms with Gasteiger partial charge in [0.1, 0.15) is 23.5 Å². The van der Waals surface area contributed by atoms with Gasteiger partial charge < -0.3 is 16.2 Å². The van der Waals surface area contributed by atoms with Gasteiger partial charge in [-0.05, 0) is 45.4 Å². The number of phenols is 1. The van der Waals surface area contributed by atoms with Crippen LogP contribution in [-0.2, 0) is 0 Å². The van der Waals surface area contributed by atoms with Crippen LogP contribution in [0.2, 0.25) is 10.0 Å². The molecule has 2 heterocycles. The van der Waals surface area contributed by atoms with Crippen LogP contribution in [-0.4, -0.2) is 50.6 Å². The molecule has 4 rings (SSSR count).